The van der Waals surface area contributed by atoms with Crippen LogP contribution in [0.2, 0.25) is 0 Å². The fraction of sp³-hybridized carbons (Fsp3) is 0.923. The van der Waals surface area contributed by atoms with E-state index in [1.165, 1.54) is 0 Å². The molecule has 3 heteroatoms. The van der Waals surface area contributed by atoms with Crippen LogP contribution >= 0.6 is 0 Å². The smallest absolute Gasteiger partial charge is 0.326 e. The minimum atomic E-state index is -0.809. The third-order valence-corrected chi connectivity index (χ3v) is 3.29. The highest BCUT2D eigenvalue weighted by Gasteiger charge is 2.52. The van der Waals surface area contributed by atoms with Gasteiger partial charge in [-0.15, -0.1) is 0 Å². The maximum atomic E-state index is 12.1. The molecule has 0 aromatic carbocycles. The summed E-state index contributed by atoms with van der Waals surface area (Å²) < 4.78 is 5.42. The van der Waals surface area contributed by atoms with Gasteiger partial charge in [-0.2, -0.15) is 0 Å². The van der Waals surface area contributed by atoms with E-state index in [4.69, 9.17) is 10.5 Å². The molecule has 2 atom stereocenters. The molecule has 94 valence electrons. The predicted octanol–water partition coefficient (Wildman–Crippen LogP) is 2.48. The molecule has 0 spiro atoms. The molecule has 0 bridgehead atoms. The number of rotatable bonds is 1. The number of hydrogen-bond donors (Lipinski definition) is 1. The first-order valence-corrected chi connectivity index (χ1v) is 5.99. The van der Waals surface area contributed by atoms with Gasteiger partial charge < -0.3 is 10.5 Å². The maximum absolute atomic E-state index is 12.1. The molecule has 0 saturated heterocycles. The van der Waals surface area contributed by atoms with Crippen LogP contribution in [0.4, 0.5) is 0 Å². The largest absolute Gasteiger partial charge is 0.459 e. The van der Waals surface area contributed by atoms with E-state index in [-0.39, 0.29) is 17.3 Å². The normalized spacial score (nSPS) is 33.8. The average Bonchev–Trinajstić information content (AvgIpc) is 2.18. The second kappa shape index (κ2) is 3.73. The molecule has 0 aromatic rings. The summed E-state index contributed by atoms with van der Waals surface area (Å²) in [6.45, 7) is 12.0. The van der Waals surface area contributed by atoms with Crippen LogP contribution < -0.4 is 5.73 Å². The zero-order valence-electron chi connectivity index (χ0n) is 11.4. The predicted molar refractivity (Wildman–Crippen MR) is 64.9 cm³/mol. The highest BCUT2D eigenvalue weighted by molar-refractivity contribution is 5.82. The zero-order chi connectivity index (χ0) is 12.8. The Labute approximate surface area is 98.7 Å². The van der Waals surface area contributed by atoms with Gasteiger partial charge >= 0.3 is 5.97 Å². The number of carbonyl (C=O) groups is 1. The Morgan fingerprint density at radius 3 is 2.19 bits per heavy atom. The van der Waals surface area contributed by atoms with Gasteiger partial charge in [0.15, 0.2) is 0 Å². The summed E-state index contributed by atoms with van der Waals surface area (Å²) in [6, 6.07) is 0. The average molecular weight is 227 g/mol. The van der Waals surface area contributed by atoms with E-state index < -0.39 is 11.1 Å². The molecule has 1 fully saturated rings. The van der Waals surface area contributed by atoms with Gasteiger partial charge in [0.1, 0.15) is 11.1 Å². The van der Waals surface area contributed by atoms with Gasteiger partial charge in [-0.25, -0.2) is 0 Å². The van der Waals surface area contributed by atoms with Gasteiger partial charge in [0.2, 0.25) is 0 Å². The molecule has 0 aliphatic heterocycles. The van der Waals surface area contributed by atoms with Gasteiger partial charge in [-0.3, -0.25) is 4.79 Å². The summed E-state index contributed by atoms with van der Waals surface area (Å²) in [5.41, 5.74) is 5.11. The Bertz CT molecular complexity index is 291. The van der Waals surface area contributed by atoms with Crippen LogP contribution in [-0.4, -0.2) is 17.1 Å². The lowest BCUT2D eigenvalue weighted by molar-refractivity contribution is -0.163. The van der Waals surface area contributed by atoms with Gasteiger partial charge in [0.25, 0.3) is 0 Å². The quantitative estimate of drug-likeness (QED) is 0.700. The molecule has 0 radical (unpaired) electrons. The van der Waals surface area contributed by atoms with Crippen molar-refractivity contribution in [2.45, 2.75) is 65.5 Å². The Morgan fingerprint density at radius 1 is 1.38 bits per heavy atom. The number of nitrogens with two attached hydrogens (primary N) is 1. The van der Waals surface area contributed by atoms with E-state index in [1.807, 2.05) is 27.7 Å². The summed E-state index contributed by atoms with van der Waals surface area (Å²) in [7, 11) is 0. The van der Waals surface area contributed by atoms with E-state index >= 15 is 0 Å². The van der Waals surface area contributed by atoms with Gasteiger partial charge in [-0.05, 0) is 44.9 Å². The molecule has 0 aromatic heterocycles. The van der Waals surface area contributed by atoms with Crippen LogP contribution in [0.15, 0.2) is 0 Å². The van der Waals surface area contributed by atoms with Crippen LogP contribution in [0.5, 0.6) is 0 Å². The summed E-state index contributed by atoms with van der Waals surface area (Å²) in [4.78, 5) is 12.1. The molecule has 3 nitrogen and oxygen atoms in total. The molecule has 1 aliphatic rings. The summed E-state index contributed by atoms with van der Waals surface area (Å²) in [6.07, 6.45) is 1.68. The van der Waals surface area contributed by atoms with Crippen molar-refractivity contribution in [2.24, 2.45) is 17.1 Å². The lowest BCUT2D eigenvalue weighted by Gasteiger charge is -2.31. The number of ether oxygens (including phenoxy) is 1. The molecule has 2 unspecified atom stereocenters. The van der Waals surface area contributed by atoms with Gasteiger partial charge in [0.05, 0.1) is 0 Å². The fourth-order valence-corrected chi connectivity index (χ4v) is 2.70. The summed E-state index contributed by atoms with van der Waals surface area (Å²) in [5.74, 6) is -0.0737. The van der Waals surface area contributed by atoms with Crippen molar-refractivity contribution >= 4 is 5.97 Å². The number of esters is 1. The molecule has 16 heavy (non-hydrogen) atoms. The lowest BCUT2D eigenvalue weighted by Crippen LogP contribution is -2.53. The van der Waals surface area contributed by atoms with Crippen LogP contribution in [0.3, 0.4) is 0 Å². The van der Waals surface area contributed by atoms with E-state index in [0.717, 1.165) is 6.42 Å². The van der Waals surface area contributed by atoms with Crippen LogP contribution in [0.25, 0.3) is 0 Å². The molecule has 2 N–H and O–H groups in total. The van der Waals surface area contributed by atoms with E-state index in [1.54, 1.807) is 0 Å². The van der Waals surface area contributed by atoms with Gasteiger partial charge in [0, 0.05) is 0 Å². The molecular weight excluding hydrogens is 202 g/mol. The van der Waals surface area contributed by atoms with E-state index in [2.05, 4.69) is 13.8 Å². The first-order valence-electron chi connectivity index (χ1n) is 5.99. The highest BCUT2D eigenvalue weighted by atomic mass is 16.6. The Hall–Kier alpha value is -0.570. The van der Waals surface area contributed by atoms with Crippen molar-refractivity contribution < 1.29 is 9.53 Å². The van der Waals surface area contributed by atoms with Crippen molar-refractivity contribution in [1.29, 1.82) is 0 Å². The molecule has 0 heterocycles. The summed E-state index contributed by atoms with van der Waals surface area (Å²) in [5, 5.41) is 0. The standard InChI is InChI=1S/C13H25NO2/c1-9-7-12(5,6)8-13(9,14)10(15)16-11(2,3)4/h9H,7-8,14H2,1-6H3. The van der Waals surface area contributed by atoms with Crippen LogP contribution in [-0.2, 0) is 9.53 Å². The second-order valence-corrected chi connectivity index (χ2v) is 6.99. The van der Waals surface area contributed by atoms with Gasteiger partial charge in [-0.1, -0.05) is 20.8 Å². The minimum Gasteiger partial charge on any atom is -0.459 e. The Morgan fingerprint density at radius 2 is 1.88 bits per heavy atom. The number of hydrogen-bond acceptors (Lipinski definition) is 3. The summed E-state index contributed by atoms with van der Waals surface area (Å²) >= 11 is 0. The first-order chi connectivity index (χ1) is 6.96. The first kappa shape index (κ1) is 13.5. The van der Waals surface area contributed by atoms with Crippen LogP contribution in [0, 0.1) is 11.3 Å². The highest BCUT2D eigenvalue weighted by Crippen LogP contribution is 2.46. The molecule has 1 rings (SSSR count). The zero-order valence-corrected chi connectivity index (χ0v) is 11.4. The van der Waals surface area contributed by atoms with Crippen molar-refractivity contribution in [3.8, 4) is 0 Å². The lowest BCUT2D eigenvalue weighted by atomic mass is 9.87. The van der Waals surface area contributed by atoms with E-state index in [0.29, 0.717) is 6.42 Å². The Balaban J connectivity index is 2.83. The fourth-order valence-electron chi connectivity index (χ4n) is 2.70. The Kier molecular flexibility index (Phi) is 3.14. The number of carbonyl (C=O) groups excluding carboxylic acids is 1. The second-order valence-electron chi connectivity index (χ2n) is 6.99. The minimum absolute atomic E-state index is 0.130. The van der Waals surface area contributed by atoms with E-state index in [9.17, 15) is 4.79 Å². The van der Waals surface area contributed by atoms with Crippen LogP contribution in [0.1, 0.15) is 54.4 Å². The monoisotopic (exact) mass is 227 g/mol. The molecule has 1 aliphatic carbocycles. The van der Waals surface area contributed by atoms with Crippen molar-refractivity contribution in [3.63, 3.8) is 0 Å². The van der Waals surface area contributed by atoms with Crippen molar-refractivity contribution in [3.05, 3.63) is 0 Å². The molecule has 0 amide bonds. The molecular formula is C13H25NO2. The third-order valence-electron chi connectivity index (χ3n) is 3.29. The topological polar surface area (TPSA) is 52.3 Å². The van der Waals surface area contributed by atoms with Crippen molar-refractivity contribution in [2.75, 3.05) is 0 Å². The maximum Gasteiger partial charge on any atom is 0.326 e. The molecule has 1 saturated carbocycles. The SMILES string of the molecule is CC1CC(C)(C)CC1(N)C(=O)OC(C)(C)C. The van der Waals surface area contributed by atoms with Crippen molar-refractivity contribution in [1.82, 2.24) is 0 Å². The third kappa shape index (κ3) is 2.76.